The van der Waals surface area contributed by atoms with E-state index >= 15 is 0 Å². The van der Waals surface area contributed by atoms with Gasteiger partial charge < -0.3 is 0 Å². The van der Waals surface area contributed by atoms with E-state index in [1.165, 1.54) is 5.09 Å². The van der Waals surface area contributed by atoms with Crippen molar-refractivity contribution in [1.82, 2.24) is 5.09 Å². The minimum Gasteiger partial charge on any atom is -0.239 e. The first kappa shape index (κ1) is 12.1. The summed E-state index contributed by atoms with van der Waals surface area (Å²) in [5, 5.41) is 1.20. The molecule has 0 saturated carbocycles. The van der Waals surface area contributed by atoms with Crippen LogP contribution >= 0.6 is 16.9 Å². The summed E-state index contributed by atoms with van der Waals surface area (Å²) >= 11 is 0. The van der Waals surface area contributed by atoms with E-state index in [9.17, 15) is 25.8 Å². The van der Waals surface area contributed by atoms with Gasteiger partial charge in [-0.05, 0) is 0 Å². The van der Waals surface area contributed by atoms with E-state index in [-0.39, 0.29) is 0 Å². The highest BCUT2D eigenvalue weighted by Crippen LogP contribution is 2.45. The highest BCUT2D eigenvalue weighted by atomic mass is 31.2. The van der Waals surface area contributed by atoms with Crippen LogP contribution in [0.3, 0.4) is 0 Å². The predicted octanol–water partition coefficient (Wildman–Crippen LogP) is 3.77. The van der Waals surface area contributed by atoms with E-state index in [1.807, 2.05) is 0 Å². The fourth-order valence-corrected chi connectivity index (χ4v) is 1.28. The molecule has 0 amide bonds. The van der Waals surface area contributed by atoms with Gasteiger partial charge in [0.15, 0.2) is 0 Å². The third-order valence-electron chi connectivity index (χ3n) is 0.556. The summed E-state index contributed by atoms with van der Waals surface area (Å²) in [4.78, 5) is 0. The maximum Gasteiger partial charge on any atom is 0.666 e. The molecule has 0 aromatic carbocycles. The lowest BCUT2D eigenvalue weighted by atomic mass is 10.7. The van der Waals surface area contributed by atoms with E-state index in [0.717, 1.165) is 0 Å². The normalized spacial score (nSPS) is 14.2. The van der Waals surface area contributed by atoms with Crippen molar-refractivity contribution in [3.63, 3.8) is 0 Å². The van der Waals surface area contributed by atoms with Crippen LogP contribution in [0.25, 0.3) is 0 Å². The van der Waals surface area contributed by atoms with Crippen LogP contribution in [0.4, 0.5) is 25.8 Å². The average Bonchev–Trinajstić information content (AvgIpc) is 1.80. The highest BCUT2D eigenvalue weighted by molar-refractivity contribution is 7.55. The highest BCUT2D eigenvalue weighted by Gasteiger charge is 2.30. The van der Waals surface area contributed by atoms with Gasteiger partial charge in [-0.25, -0.2) is 5.09 Å². The number of hydrogen-bond donors (Lipinski definition) is 1. The van der Waals surface area contributed by atoms with Gasteiger partial charge in [-0.1, -0.05) is 0 Å². The SMILES string of the molecule is FP(N=[P+](F)F)NCC(F)(F)F. The third-order valence-corrected chi connectivity index (χ3v) is 2.14. The Hall–Kier alpha value is 0.0700. The second-order valence-corrected chi connectivity index (χ2v) is 3.50. The molecular weight excluding hydrogens is 228 g/mol. The summed E-state index contributed by atoms with van der Waals surface area (Å²) in [5.41, 5.74) is 0. The molecule has 1 N–H and O–H groups in total. The quantitative estimate of drug-likeness (QED) is 0.580. The maximum absolute atomic E-state index is 12.0. The van der Waals surface area contributed by atoms with E-state index in [2.05, 4.69) is 4.52 Å². The molecule has 72 valence electrons. The molecule has 12 heavy (non-hydrogen) atoms. The molecule has 0 rings (SSSR count). The molecule has 2 nitrogen and oxygen atoms in total. The number of rotatable bonds is 3. The zero-order valence-corrected chi connectivity index (χ0v) is 7.11. The van der Waals surface area contributed by atoms with Gasteiger partial charge in [-0.2, -0.15) is 17.4 Å². The lowest BCUT2D eigenvalue weighted by molar-refractivity contribution is -0.121. The average molecular weight is 231 g/mol. The van der Waals surface area contributed by atoms with Gasteiger partial charge in [-0.3, -0.25) is 0 Å². The molecule has 0 aliphatic heterocycles. The molecular formula is C2H3F6N2P2+. The minimum absolute atomic E-state index is 1.20. The van der Waals surface area contributed by atoms with Crippen molar-refractivity contribution >= 4 is 16.9 Å². The van der Waals surface area contributed by atoms with Gasteiger partial charge in [0.2, 0.25) is 0 Å². The number of hydrogen-bond acceptors (Lipinski definition) is 2. The van der Waals surface area contributed by atoms with E-state index < -0.39 is 29.6 Å². The molecule has 0 aliphatic rings. The first-order valence-corrected chi connectivity index (χ1v) is 4.67. The van der Waals surface area contributed by atoms with Crippen LogP contribution in [0.15, 0.2) is 4.52 Å². The Bertz CT molecular complexity index is 163. The molecule has 0 heterocycles. The van der Waals surface area contributed by atoms with Crippen LogP contribution in [-0.2, 0) is 0 Å². The first-order valence-electron chi connectivity index (χ1n) is 2.40. The standard InChI is InChI=1S/C2H3F6N2P2/c3-2(4,5)1-9-12(8)10-11(6)7/h1H2,(H,9,10)/q+1. The van der Waals surface area contributed by atoms with Crippen molar-refractivity contribution < 1.29 is 25.8 Å². The van der Waals surface area contributed by atoms with Crippen molar-refractivity contribution in [3.8, 4) is 0 Å². The summed E-state index contributed by atoms with van der Waals surface area (Å²) < 4.78 is 70.6. The van der Waals surface area contributed by atoms with E-state index in [0.29, 0.717) is 0 Å². The van der Waals surface area contributed by atoms with Crippen molar-refractivity contribution in [2.75, 3.05) is 6.54 Å². The largest absolute Gasteiger partial charge is 0.666 e. The Labute approximate surface area is 66.0 Å². The summed E-state index contributed by atoms with van der Waals surface area (Å²) in [5.74, 6) is 0. The zero-order valence-electron chi connectivity index (χ0n) is 5.32. The van der Waals surface area contributed by atoms with Crippen LogP contribution in [0, 0.1) is 0 Å². The number of nitrogens with zero attached hydrogens (tertiary/aromatic N) is 1. The zero-order chi connectivity index (χ0) is 9.78. The molecule has 0 aromatic heterocycles. The molecule has 0 aliphatic carbocycles. The Morgan fingerprint density at radius 2 is 1.83 bits per heavy atom. The second kappa shape index (κ2) is 4.94. The Morgan fingerprint density at radius 3 is 2.17 bits per heavy atom. The van der Waals surface area contributed by atoms with Gasteiger partial charge in [0.05, 0.1) is 14.9 Å². The Morgan fingerprint density at radius 1 is 1.33 bits per heavy atom. The molecule has 0 spiro atoms. The van der Waals surface area contributed by atoms with Crippen LogP contribution in [0.5, 0.6) is 0 Å². The summed E-state index contributed by atoms with van der Waals surface area (Å²) in [6.07, 6.45) is -4.61. The van der Waals surface area contributed by atoms with Crippen LogP contribution in [0.2, 0.25) is 0 Å². The van der Waals surface area contributed by atoms with Crippen LogP contribution < -0.4 is 5.09 Å². The molecule has 0 fully saturated rings. The first-order chi connectivity index (χ1) is 5.31. The lowest BCUT2D eigenvalue weighted by Crippen LogP contribution is -2.23. The maximum atomic E-state index is 12.0. The topological polar surface area (TPSA) is 24.4 Å². The van der Waals surface area contributed by atoms with Crippen molar-refractivity contribution in [1.29, 1.82) is 0 Å². The monoisotopic (exact) mass is 231 g/mol. The van der Waals surface area contributed by atoms with Crippen LogP contribution in [-0.4, -0.2) is 12.7 Å². The second-order valence-electron chi connectivity index (χ2n) is 1.51. The van der Waals surface area contributed by atoms with Gasteiger partial charge in [0, 0.05) is 4.52 Å². The minimum atomic E-state index is -4.61. The van der Waals surface area contributed by atoms with Crippen LogP contribution in [0.1, 0.15) is 0 Å². The van der Waals surface area contributed by atoms with Crippen molar-refractivity contribution in [3.05, 3.63) is 0 Å². The molecule has 1 unspecified atom stereocenters. The summed E-state index contributed by atoms with van der Waals surface area (Å²) in [6, 6.07) is 0. The number of nitrogens with one attached hydrogen (secondary N) is 1. The molecule has 1 atom stereocenters. The van der Waals surface area contributed by atoms with Gasteiger partial charge in [0.25, 0.3) is 0 Å². The summed E-state index contributed by atoms with van der Waals surface area (Å²) in [7, 11) is -7.09. The number of alkyl halides is 3. The number of halogens is 6. The van der Waals surface area contributed by atoms with E-state index in [4.69, 9.17) is 0 Å². The molecule has 0 saturated heterocycles. The third kappa shape index (κ3) is 8.17. The van der Waals surface area contributed by atoms with Gasteiger partial charge in [-0.15, -0.1) is 0 Å². The smallest absolute Gasteiger partial charge is 0.239 e. The molecule has 0 radical (unpaired) electrons. The Kier molecular flexibility index (Phi) is 4.97. The van der Waals surface area contributed by atoms with Crippen molar-refractivity contribution in [2.24, 2.45) is 4.52 Å². The molecule has 0 aromatic rings. The van der Waals surface area contributed by atoms with Crippen molar-refractivity contribution in [2.45, 2.75) is 6.18 Å². The fourth-order valence-electron chi connectivity index (χ4n) is 0.246. The molecule has 0 bridgehead atoms. The fraction of sp³-hybridized carbons (Fsp3) is 1.00. The molecule has 10 heteroatoms. The Balaban J connectivity index is 3.73. The summed E-state index contributed by atoms with van der Waals surface area (Å²) in [6.45, 7) is -1.65. The van der Waals surface area contributed by atoms with E-state index in [1.54, 1.807) is 0 Å². The lowest BCUT2D eigenvalue weighted by Gasteiger charge is -2.05. The predicted molar refractivity (Wildman–Crippen MR) is 33.6 cm³/mol. The van der Waals surface area contributed by atoms with Gasteiger partial charge in [0.1, 0.15) is 0 Å². The van der Waals surface area contributed by atoms with Gasteiger partial charge >= 0.3 is 23.0 Å².